The summed E-state index contributed by atoms with van der Waals surface area (Å²) in [5.74, 6) is -1.75. The number of carboxylic acids is 1. The van der Waals surface area contributed by atoms with Crippen molar-refractivity contribution in [2.24, 2.45) is 0 Å². The summed E-state index contributed by atoms with van der Waals surface area (Å²) >= 11 is 0.338. The first-order valence-corrected chi connectivity index (χ1v) is 5.71. The molecule has 0 aliphatic carbocycles. The number of nitrogens with one attached hydrogen (secondary N) is 1. The van der Waals surface area contributed by atoms with E-state index in [1.165, 1.54) is 0 Å². The van der Waals surface area contributed by atoms with E-state index < -0.39 is 23.1 Å². The van der Waals surface area contributed by atoms with Gasteiger partial charge < -0.3 is 10.4 Å². The third-order valence-corrected chi connectivity index (χ3v) is 2.72. The largest absolute Gasteiger partial charge is 0.481 e. The number of halogens is 3. The predicted molar refractivity (Wildman–Crippen MR) is 56.3 cm³/mol. The van der Waals surface area contributed by atoms with Crippen molar-refractivity contribution in [2.75, 3.05) is 6.54 Å². The Morgan fingerprint density at radius 1 is 1.44 bits per heavy atom. The molecular weight excluding hydrogens is 273 g/mol. The van der Waals surface area contributed by atoms with Crippen molar-refractivity contribution in [1.82, 2.24) is 10.3 Å². The number of amides is 1. The fourth-order valence-electron chi connectivity index (χ4n) is 1.04. The number of hydrogen-bond acceptors (Lipinski definition) is 4. The van der Waals surface area contributed by atoms with E-state index in [9.17, 15) is 22.8 Å². The van der Waals surface area contributed by atoms with Crippen LogP contribution in [0.15, 0.2) is 5.38 Å². The van der Waals surface area contributed by atoms with E-state index in [4.69, 9.17) is 5.11 Å². The number of hydrogen-bond donors (Lipinski definition) is 2. The number of thiazole rings is 1. The highest BCUT2D eigenvalue weighted by Gasteiger charge is 2.35. The molecule has 0 spiro atoms. The Labute approximate surface area is 104 Å². The van der Waals surface area contributed by atoms with Gasteiger partial charge in [0.15, 0.2) is 5.01 Å². The molecule has 5 nitrogen and oxygen atoms in total. The van der Waals surface area contributed by atoms with Crippen LogP contribution >= 0.6 is 11.3 Å². The Bertz CT molecular complexity index is 445. The second-order valence-corrected chi connectivity index (χ2v) is 4.15. The normalized spacial score (nSPS) is 11.3. The van der Waals surface area contributed by atoms with Gasteiger partial charge in [-0.05, 0) is 6.42 Å². The first kappa shape index (κ1) is 14.4. The molecule has 0 aliphatic rings. The average Bonchev–Trinajstić information content (AvgIpc) is 2.72. The molecule has 0 aliphatic heterocycles. The second-order valence-electron chi connectivity index (χ2n) is 3.29. The molecule has 100 valence electrons. The smallest absolute Gasteiger partial charge is 0.443 e. The minimum absolute atomic E-state index is 0.0734. The molecule has 1 heterocycles. The van der Waals surface area contributed by atoms with Crippen LogP contribution in [0.25, 0.3) is 0 Å². The van der Waals surface area contributed by atoms with Crippen molar-refractivity contribution in [3.8, 4) is 0 Å². The standard InChI is InChI=1S/C9H9F3N2O3S/c10-9(11,12)8-14-5(4-18-8)7(17)13-3-1-2-6(15)16/h4H,1-3H2,(H,13,17)(H,15,16). The van der Waals surface area contributed by atoms with Crippen molar-refractivity contribution >= 4 is 23.2 Å². The number of carbonyl (C=O) groups is 2. The Morgan fingerprint density at radius 2 is 2.11 bits per heavy atom. The highest BCUT2D eigenvalue weighted by atomic mass is 32.1. The van der Waals surface area contributed by atoms with Gasteiger partial charge in [0, 0.05) is 18.3 Å². The molecule has 0 bridgehead atoms. The molecule has 0 fully saturated rings. The molecule has 0 atom stereocenters. The van der Waals surface area contributed by atoms with E-state index in [0.29, 0.717) is 11.3 Å². The number of carbonyl (C=O) groups excluding carboxylic acids is 1. The maximum atomic E-state index is 12.2. The highest BCUT2D eigenvalue weighted by molar-refractivity contribution is 7.09. The van der Waals surface area contributed by atoms with E-state index in [2.05, 4.69) is 10.3 Å². The first-order valence-electron chi connectivity index (χ1n) is 4.83. The number of rotatable bonds is 5. The maximum Gasteiger partial charge on any atom is 0.443 e. The van der Waals surface area contributed by atoms with Gasteiger partial charge >= 0.3 is 12.1 Å². The van der Waals surface area contributed by atoms with E-state index >= 15 is 0 Å². The van der Waals surface area contributed by atoms with Crippen molar-refractivity contribution in [2.45, 2.75) is 19.0 Å². The maximum absolute atomic E-state index is 12.2. The SMILES string of the molecule is O=C(O)CCCNC(=O)c1csc(C(F)(F)F)n1. The summed E-state index contributed by atoms with van der Waals surface area (Å²) in [5, 5.41) is 10.6. The molecule has 2 N–H and O–H groups in total. The van der Waals surface area contributed by atoms with Gasteiger partial charge in [-0.15, -0.1) is 11.3 Å². The highest BCUT2D eigenvalue weighted by Crippen LogP contribution is 2.31. The van der Waals surface area contributed by atoms with Gasteiger partial charge in [-0.25, -0.2) is 4.98 Å². The molecule has 0 saturated heterocycles. The molecular formula is C9H9F3N2O3S. The molecule has 1 rings (SSSR count). The first-order chi connectivity index (χ1) is 8.30. The topological polar surface area (TPSA) is 79.3 Å². The fourth-order valence-corrected chi connectivity index (χ4v) is 1.71. The lowest BCUT2D eigenvalue weighted by Crippen LogP contribution is -2.25. The molecule has 0 unspecified atom stereocenters. The van der Waals surface area contributed by atoms with E-state index in [1.807, 2.05) is 0 Å². The lowest BCUT2D eigenvalue weighted by atomic mass is 10.3. The fraction of sp³-hybridized carbons (Fsp3) is 0.444. The monoisotopic (exact) mass is 282 g/mol. The summed E-state index contributed by atoms with van der Waals surface area (Å²) < 4.78 is 36.6. The molecule has 0 aromatic carbocycles. The zero-order chi connectivity index (χ0) is 13.8. The summed E-state index contributed by atoms with van der Waals surface area (Å²) in [6.45, 7) is 0.0734. The van der Waals surface area contributed by atoms with Gasteiger partial charge in [-0.2, -0.15) is 13.2 Å². The summed E-state index contributed by atoms with van der Waals surface area (Å²) in [5.41, 5.74) is -0.317. The summed E-state index contributed by atoms with van der Waals surface area (Å²) in [7, 11) is 0. The second kappa shape index (κ2) is 5.80. The Balaban J connectivity index is 2.47. The van der Waals surface area contributed by atoms with Gasteiger partial charge in [0.2, 0.25) is 0 Å². The predicted octanol–water partition coefficient (Wildman–Crippen LogP) is 1.76. The zero-order valence-corrected chi connectivity index (χ0v) is 9.77. The van der Waals surface area contributed by atoms with Gasteiger partial charge in [-0.3, -0.25) is 9.59 Å². The number of aliphatic carboxylic acids is 1. The number of carboxylic acid groups (broad SMARTS) is 1. The van der Waals surface area contributed by atoms with Gasteiger partial charge in [-0.1, -0.05) is 0 Å². The summed E-state index contributed by atoms with van der Waals surface area (Å²) in [6, 6.07) is 0. The third-order valence-electron chi connectivity index (χ3n) is 1.83. The Morgan fingerprint density at radius 3 is 2.61 bits per heavy atom. The molecule has 9 heteroatoms. The van der Waals surface area contributed by atoms with Crippen LogP contribution in [0.5, 0.6) is 0 Å². The quantitative estimate of drug-likeness (QED) is 0.806. The zero-order valence-electron chi connectivity index (χ0n) is 8.95. The molecule has 0 saturated carbocycles. The minimum Gasteiger partial charge on any atom is -0.481 e. The van der Waals surface area contributed by atoms with Crippen LogP contribution in [0.1, 0.15) is 28.3 Å². The average molecular weight is 282 g/mol. The van der Waals surface area contributed by atoms with Crippen LogP contribution in [0.3, 0.4) is 0 Å². The van der Waals surface area contributed by atoms with Crippen LogP contribution < -0.4 is 5.32 Å². The Hall–Kier alpha value is -1.64. The van der Waals surface area contributed by atoms with E-state index in [0.717, 1.165) is 5.38 Å². The van der Waals surface area contributed by atoms with E-state index in [1.54, 1.807) is 0 Å². The van der Waals surface area contributed by atoms with Crippen molar-refractivity contribution in [3.63, 3.8) is 0 Å². The van der Waals surface area contributed by atoms with Crippen LogP contribution in [0.2, 0.25) is 0 Å². The number of alkyl halides is 3. The minimum atomic E-state index is -4.56. The van der Waals surface area contributed by atoms with E-state index in [-0.39, 0.29) is 25.1 Å². The van der Waals surface area contributed by atoms with Crippen molar-refractivity contribution in [3.05, 3.63) is 16.1 Å². The molecule has 0 radical (unpaired) electrons. The summed E-state index contributed by atoms with van der Waals surface area (Å²) in [6.07, 6.45) is -4.48. The van der Waals surface area contributed by atoms with Crippen LogP contribution in [-0.4, -0.2) is 28.5 Å². The van der Waals surface area contributed by atoms with Crippen LogP contribution in [0.4, 0.5) is 13.2 Å². The molecule has 18 heavy (non-hydrogen) atoms. The Kier molecular flexibility index (Phi) is 4.65. The molecule has 1 amide bonds. The lowest BCUT2D eigenvalue weighted by Gasteiger charge is -2.02. The third kappa shape index (κ3) is 4.32. The lowest BCUT2D eigenvalue weighted by molar-refractivity contribution is -0.138. The van der Waals surface area contributed by atoms with Crippen molar-refractivity contribution < 1.29 is 27.9 Å². The van der Waals surface area contributed by atoms with Gasteiger partial charge in [0.25, 0.3) is 5.91 Å². The molecule has 1 aromatic rings. The van der Waals surface area contributed by atoms with Crippen molar-refractivity contribution in [1.29, 1.82) is 0 Å². The van der Waals surface area contributed by atoms with Gasteiger partial charge in [0.05, 0.1) is 0 Å². The molecule has 1 aromatic heterocycles. The summed E-state index contributed by atoms with van der Waals surface area (Å²) in [4.78, 5) is 24.7. The van der Waals surface area contributed by atoms with Crippen LogP contribution in [0, 0.1) is 0 Å². The van der Waals surface area contributed by atoms with Crippen LogP contribution in [-0.2, 0) is 11.0 Å². The van der Waals surface area contributed by atoms with Gasteiger partial charge in [0.1, 0.15) is 5.69 Å². The number of nitrogens with zero attached hydrogens (tertiary/aromatic N) is 1. The number of aromatic nitrogens is 1.